The van der Waals surface area contributed by atoms with E-state index in [0.29, 0.717) is 11.5 Å². The zero-order valence-electron chi connectivity index (χ0n) is 19.1. The molecule has 4 rings (SSSR count). The van der Waals surface area contributed by atoms with Crippen molar-refractivity contribution in [2.24, 2.45) is 5.10 Å². The average Bonchev–Trinajstić information content (AvgIpc) is 2.89. The second-order valence-corrected chi connectivity index (χ2v) is 7.71. The van der Waals surface area contributed by atoms with Gasteiger partial charge in [0.25, 0.3) is 5.91 Å². The summed E-state index contributed by atoms with van der Waals surface area (Å²) in [7, 11) is 0. The summed E-state index contributed by atoms with van der Waals surface area (Å²) in [5.74, 6) is 0.206. The molecule has 1 unspecified atom stereocenters. The molecule has 0 radical (unpaired) electrons. The van der Waals surface area contributed by atoms with E-state index in [9.17, 15) is 9.59 Å². The van der Waals surface area contributed by atoms with E-state index in [1.165, 1.54) is 12.3 Å². The number of ether oxygens (including phenoxy) is 2. The van der Waals surface area contributed by atoms with E-state index in [-0.39, 0.29) is 5.91 Å². The Bertz CT molecular complexity index is 1360. The van der Waals surface area contributed by atoms with Gasteiger partial charge in [0.05, 0.1) is 6.21 Å². The standard InChI is InChI=1S/C29H24N2O4/c1-21(34-27-13-7-11-24-10-5-6-12-26(24)27)29(33)31-30-20-23-14-17-25(18-15-23)35-28(32)19-16-22-8-3-2-4-9-22/h2-21H,1H3,(H,31,33). The summed E-state index contributed by atoms with van der Waals surface area (Å²) in [6.07, 6.45) is 3.84. The van der Waals surface area contributed by atoms with Crippen LogP contribution in [0.1, 0.15) is 18.1 Å². The fraction of sp³-hybridized carbons (Fsp3) is 0.0690. The van der Waals surface area contributed by atoms with Gasteiger partial charge in [-0.05, 0) is 59.8 Å². The molecule has 1 atom stereocenters. The lowest BCUT2D eigenvalue weighted by Crippen LogP contribution is -2.33. The first-order valence-corrected chi connectivity index (χ1v) is 11.1. The van der Waals surface area contributed by atoms with Crippen molar-refractivity contribution in [2.45, 2.75) is 13.0 Å². The van der Waals surface area contributed by atoms with E-state index in [1.54, 1.807) is 37.3 Å². The van der Waals surface area contributed by atoms with Crippen LogP contribution in [-0.4, -0.2) is 24.2 Å². The molecular weight excluding hydrogens is 440 g/mol. The third kappa shape index (κ3) is 6.65. The summed E-state index contributed by atoms with van der Waals surface area (Å²) >= 11 is 0. The van der Waals surface area contributed by atoms with Crippen molar-refractivity contribution in [1.29, 1.82) is 0 Å². The Morgan fingerprint density at radius 2 is 1.54 bits per heavy atom. The highest BCUT2D eigenvalue weighted by Crippen LogP contribution is 2.26. The number of nitrogens with zero attached hydrogens (tertiary/aromatic N) is 1. The molecule has 1 N–H and O–H groups in total. The minimum Gasteiger partial charge on any atom is -0.480 e. The molecule has 0 spiro atoms. The summed E-state index contributed by atoms with van der Waals surface area (Å²) in [6, 6.07) is 29.8. The number of hydrogen-bond acceptors (Lipinski definition) is 5. The fourth-order valence-electron chi connectivity index (χ4n) is 3.30. The van der Waals surface area contributed by atoms with Crippen LogP contribution in [0.25, 0.3) is 16.8 Å². The molecule has 1 amide bonds. The highest BCUT2D eigenvalue weighted by Gasteiger charge is 2.15. The molecule has 35 heavy (non-hydrogen) atoms. The zero-order chi connectivity index (χ0) is 24.5. The topological polar surface area (TPSA) is 77.0 Å². The summed E-state index contributed by atoms with van der Waals surface area (Å²) in [5.41, 5.74) is 4.13. The SMILES string of the molecule is CC(Oc1cccc2ccccc12)C(=O)NN=Cc1ccc(OC(=O)C=Cc2ccccc2)cc1. The van der Waals surface area contributed by atoms with E-state index >= 15 is 0 Å². The predicted molar refractivity (Wildman–Crippen MR) is 137 cm³/mol. The molecule has 0 fully saturated rings. The minimum absolute atomic E-state index is 0.370. The smallest absolute Gasteiger partial charge is 0.336 e. The van der Waals surface area contributed by atoms with Crippen molar-refractivity contribution in [3.05, 3.63) is 114 Å². The van der Waals surface area contributed by atoms with Gasteiger partial charge in [-0.1, -0.05) is 66.7 Å². The maximum absolute atomic E-state index is 12.4. The lowest BCUT2D eigenvalue weighted by molar-refractivity contribution is -0.129. The molecular formula is C29H24N2O4. The molecule has 0 aliphatic carbocycles. The van der Waals surface area contributed by atoms with Crippen LogP contribution in [-0.2, 0) is 9.59 Å². The molecule has 6 nitrogen and oxygen atoms in total. The Kier molecular flexibility index (Phi) is 7.66. The van der Waals surface area contributed by atoms with E-state index < -0.39 is 12.1 Å². The van der Waals surface area contributed by atoms with Gasteiger partial charge in [-0.15, -0.1) is 0 Å². The molecule has 0 heterocycles. The van der Waals surface area contributed by atoms with Gasteiger partial charge in [0.2, 0.25) is 0 Å². The van der Waals surface area contributed by atoms with Crippen LogP contribution in [0.3, 0.4) is 0 Å². The van der Waals surface area contributed by atoms with Gasteiger partial charge in [0.1, 0.15) is 11.5 Å². The monoisotopic (exact) mass is 464 g/mol. The van der Waals surface area contributed by atoms with Gasteiger partial charge in [-0.25, -0.2) is 10.2 Å². The Labute approximate surface area is 203 Å². The molecule has 4 aromatic rings. The molecule has 4 aromatic carbocycles. The van der Waals surface area contributed by atoms with Crippen molar-refractivity contribution < 1.29 is 19.1 Å². The number of esters is 1. The number of hydrazone groups is 1. The van der Waals surface area contributed by atoms with Crippen LogP contribution in [0, 0.1) is 0 Å². The molecule has 0 bridgehead atoms. The second-order valence-electron chi connectivity index (χ2n) is 7.71. The Morgan fingerprint density at radius 3 is 2.34 bits per heavy atom. The van der Waals surface area contributed by atoms with Crippen LogP contribution in [0.2, 0.25) is 0 Å². The molecule has 6 heteroatoms. The van der Waals surface area contributed by atoms with Crippen LogP contribution in [0.15, 0.2) is 108 Å². The summed E-state index contributed by atoms with van der Waals surface area (Å²) in [6.45, 7) is 1.67. The number of amides is 1. The van der Waals surface area contributed by atoms with Crippen LogP contribution in [0.5, 0.6) is 11.5 Å². The Morgan fingerprint density at radius 1 is 0.829 bits per heavy atom. The molecule has 0 saturated heterocycles. The number of carbonyl (C=O) groups is 2. The summed E-state index contributed by atoms with van der Waals surface area (Å²) < 4.78 is 11.1. The second kappa shape index (κ2) is 11.4. The Hall–Kier alpha value is -4.71. The third-order valence-electron chi connectivity index (χ3n) is 5.12. The van der Waals surface area contributed by atoms with Gasteiger partial charge in [-0.2, -0.15) is 5.10 Å². The summed E-state index contributed by atoms with van der Waals surface area (Å²) in [4.78, 5) is 24.4. The maximum Gasteiger partial charge on any atom is 0.336 e. The van der Waals surface area contributed by atoms with Crippen LogP contribution in [0.4, 0.5) is 0 Å². The molecule has 0 aliphatic rings. The molecule has 0 aromatic heterocycles. The van der Waals surface area contributed by atoms with Crippen molar-refractivity contribution >= 4 is 34.9 Å². The van der Waals surface area contributed by atoms with Crippen molar-refractivity contribution in [3.8, 4) is 11.5 Å². The lowest BCUT2D eigenvalue weighted by atomic mass is 10.1. The zero-order valence-corrected chi connectivity index (χ0v) is 19.1. The largest absolute Gasteiger partial charge is 0.480 e. The van der Waals surface area contributed by atoms with Crippen LogP contribution < -0.4 is 14.9 Å². The number of rotatable bonds is 8. The van der Waals surface area contributed by atoms with Gasteiger partial charge < -0.3 is 9.47 Å². The molecule has 174 valence electrons. The number of hydrogen-bond donors (Lipinski definition) is 1. The van der Waals surface area contributed by atoms with E-state index in [1.807, 2.05) is 72.8 Å². The van der Waals surface area contributed by atoms with E-state index in [4.69, 9.17) is 9.47 Å². The Balaban J connectivity index is 1.27. The third-order valence-corrected chi connectivity index (χ3v) is 5.12. The molecule has 0 saturated carbocycles. The van der Waals surface area contributed by atoms with Crippen molar-refractivity contribution in [1.82, 2.24) is 5.43 Å². The normalized spacial score (nSPS) is 12.0. The van der Waals surface area contributed by atoms with Gasteiger partial charge >= 0.3 is 5.97 Å². The molecule has 0 aliphatic heterocycles. The number of fused-ring (bicyclic) bond motifs is 1. The first-order chi connectivity index (χ1) is 17.1. The van der Waals surface area contributed by atoms with Crippen molar-refractivity contribution in [3.63, 3.8) is 0 Å². The van der Waals surface area contributed by atoms with Crippen LogP contribution >= 0.6 is 0 Å². The fourth-order valence-corrected chi connectivity index (χ4v) is 3.30. The van der Waals surface area contributed by atoms with Crippen molar-refractivity contribution in [2.75, 3.05) is 0 Å². The number of benzene rings is 4. The lowest BCUT2D eigenvalue weighted by Gasteiger charge is -2.14. The van der Waals surface area contributed by atoms with E-state index in [2.05, 4.69) is 10.5 Å². The number of nitrogens with one attached hydrogen (secondary N) is 1. The first-order valence-electron chi connectivity index (χ1n) is 11.1. The maximum atomic E-state index is 12.4. The first kappa shape index (κ1) is 23.4. The average molecular weight is 465 g/mol. The van der Waals surface area contributed by atoms with Gasteiger partial charge in [-0.3, -0.25) is 4.79 Å². The highest BCUT2D eigenvalue weighted by atomic mass is 16.5. The predicted octanol–water partition coefficient (Wildman–Crippen LogP) is 5.38. The summed E-state index contributed by atoms with van der Waals surface area (Å²) in [5, 5.41) is 5.97. The van der Waals surface area contributed by atoms with Gasteiger partial charge in [0.15, 0.2) is 6.10 Å². The van der Waals surface area contributed by atoms with E-state index in [0.717, 1.165) is 21.9 Å². The van der Waals surface area contributed by atoms with Gasteiger partial charge in [0, 0.05) is 11.5 Å². The minimum atomic E-state index is -0.733. The number of carbonyl (C=O) groups excluding carboxylic acids is 2. The quantitative estimate of drug-likeness (QED) is 0.125. The highest BCUT2D eigenvalue weighted by molar-refractivity contribution is 5.90.